The van der Waals surface area contributed by atoms with E-state index in [-0.39, 0.29) is 11.1 Å². The molecule has 7 heteroatoms. The van der Waals surface area contributed by atoms with E-state index >= 15 is 0 Å². The van der Waals surface area contributed by atoms with Gasteiger partial charge < -0.3 is 5.32 Å². The van der Waals surface area contributed by atoms with Crippen LogP contribution in [0, 0.1) is 6.92 Å². The lowest BCUT2D eigenvalue weighted by atomic mass is 10.1. The number of alkyl halides is 3. The SMILES string of the molecule is Cc1nc(C(C)Nc2ccc(C(F)(F)F)cc2Cl)cs1. The molecule has 20 heavy (non-hydrogen) atoms. The zero-order valence-electron chi connectivity index (χ0n) is 10.8. The van der Waals surface area contributed by atoms with Crippen LogP contribution < -0.4 is 5.32 Å². The molecule has 0 fully saturated rings. The molecule has 0 saturated heterocycles. The molecule has 0 spiro atoms. The summed E-state index contributed by atoms with van der Waals surface area (Å²) < 4.78 is 37.6. The maximum Gasteiger partial charge on any atom is 0.416 e. The van der Waals surface area contributed by atoms with Crippen LogP contribution >= 0.6 is 22.9 Å². The van der Waals surface area contributed by atoms with E-state index in [4.69, 9.17) is 11.6 Å². The average Bonchev–Trinajstić information content (AvgIpc) is 2.77. The Morgan fingerprint density at radius 1 is 1.35 bits per heavy atom. The minimum Gasteiger partial charge on any atom is -0.376 e. The molecular weight excluding hydrogens is 309 g/mol. The molecule has 0 aliphatic rings. The van der Waals surface area contributed by atoms with E-state index in [1.54, 1.807) is 0 Å². The number of aromatic nitrogens is 1. The highest BCUT2D eigenvalue weighted by atomic mass is 35.5. The fraction of sp³-hybridized carbons (Fsp3) is 0.308. The van der Waals surface area contributed by atoms with Crippen LogP contribution in [0.5, 0.6) is 0 Å². The molecule has 0 aliphatic carbocycles. The van der Waals surface area contributed by atoms with Gasteiger partial charge in [-0.15, -0.1) is 11.3 Å². The molecule has 1 atom stereocenters. The van der Waals surface area contributed by atoms with E-state index in [0.717, 1.165) is 22.8 Å². The standard InChI is InChI=1S/C13H12ClF3N2S/c1-7(12-6-20-8(2)19-12)18-11-4-3-9(5-10(11)14)13(15,16)17/h3-7,18H,1-2H3. The van der Waals surface area contributed by atoms with Crippen LogP contribution in [0.25, 0.3) is 0 Å². The molecule has 0 amide bonds. The second-order valence-corrected chi connectivity index (χ2v) is 5.82. The summed E-state index contributed by atoms with van der Waals surface area (Å²) in [6, 6.07) is 3.13. The number of rotatable bonds is 3. The van der Waals surface area contributed by atoms with Gasteiger partial charge in [0.1, 0.15) is 0 Å². The lowest BCUT2D eigenvalue weighted by Crippen LogP contribution is -2.09. The molecule has 1 unspecified atom stereocenters. The Labute approximate surface area is 123 Å². The van der Waals surface area contributed by atoms with Crippen molar-refractivity contribution in [3.8, 4) is 0 Å². The molecule has 1 aromatic heterocycles. The van der Waals surface area contributed by atoms with Gasteiger partial charge in [-0.25, -0.2) is 4.98 Å². The summed E-state index contributed by atoms with van der Waals surface area (Å²) in [5.41, 5.74) is 0.534. The van der Waals surface area contributed by atoms with Crippen molar-refractivity contribution >= 4 is 28.6 Å². The lowest BCUT2D eigenvalue weighted by Gasteiger charge is -2.16. The van der Waals surface area contributed by atoms with Crippen LogP contribution in [0.3, 0.4) is 0 Å². The summed E-state index contributed by atoms with van der Waals surface area (Å²) in [4.78, 5) is 4.33. The van der Waals surface area contributed by atoms with Crippen LogP contribution in [0.1, 0.15) is 29.2 Å². The van der Waals surface area contributed by atoms with Crippen molar-refractivity contribution in [3.05, 3.63) is 44.9 Å². The maximum absolute atomic E-state index is 12.5. The van der Waals surface area contributed by atoms with E-state index < -0.39 is 11.7 Å². The van der Waals surface area contributed by atoms with E-state index in [9.17, 15) is 13.2 Å². The molecule has 1 heterocycles. The van der Waals surface area contributed by atoms with Crippen molar-refractivity contribution in [2.45, 2.75) is 26.1 Å². The van der Waals surface area contributed by atoms with E-state index in [1.165, 1.54) is 17.4 Å². The van der Waals surface area contributed by atoms with Crippen molar-refractivity contribution in [1.29, 1.82) is 0 Å². The molecule has 0 bridgehead atoms. The molecule has 0 radical (unpaired) electrons. The fourth-order valence-corrected chi connectivity index (χ4v) is 2.64. The summed E-state index contributed by atoms with van der Waals surface area (Å²) in [6.45, 7) is 3.77. The van der Waals surface area contributed by atoms with Crippen LogP contribution in [0.2, 0.25) is 5.02 Å². The van der Waals surface area contributed by atoms with Crippen LogP contribution in [-0.4, -0.2) is 4.98 Å². The topological polar surface area (TPSA) is 24.9 Å². The van der Waals surface area contributed by atoms with E-state index in [2.05, 4.69) is 10.3 Å². The average molecular weight is 321 g/mol. The molecule has 0 aliphatic heterocycles. The van der Waals surface area contributed by atoms with Gasteiger partial charge in [-0.05, 0) is 32.0 Å². The van der Waals surface area contributed by atoms with E-state index in [1.807, 2.05) is 19.2 Å². The Balaban J connectivity index is 2.18. The van der Waals surface area contributed by atoms with E-state index in [0.29, 0.717) is 5.69 Å². The smallest absolute Gasteiger partial charge is 0.376 e. The van der Waals surface area contributed by atoms with Gasteiger partial charge in [-0.1, -0.05) is 11.6 Å². The molecule has 1 N–H and O–H groups in total. The zero-order chi connectivity index (χ0) is 14.9. The van der Waals surface area contributed by atoms with Crippen molar-refractivity contribution in [3.63, 3.8) is 0 Å². The Kier molecular flexibility index (Phi) is 4.25. The number of hydrogen-bond acceptors (Lipinski definition) is 3. The first-order valence-electron chi connectivity index (χ1n) is 5.82. The second-order valence-electron chi connectivity index (χ2n) is 4.35. The predicted molar refractivity (Wildman–Crippen MR) is 75.3 cm³/mol. The van der Waals surface area contributed by atoms with Gasteiger partial charge in [0, 0.05) is 5.38 Å². The number of hydrogen-bond donors (Lipinski definition) is 1. The first kappa shape index (κ1) is 15.1. The molecule has 0 saturated carbocycles. The highest BCUT2D eigenvalue weighted by Crippen LogP contribution is 2.34. The van der Waals surface area contributed by atoms with Crippen molar-refractivity contribution in [2.24, 2.45) is 0 Å². The molecule has 2 nitrogen and oxygen atoms in total. The number of nitrogens with one attached hydrogen (secondary N) is 1. The van der Waals surface area contributed by atoms with Gasteiger partial charge >= 0.3 is 6.18 Å². The normalized spacial score (nSPS) is 13.3. The highest BCUT2D eigenvalue weighted by Gasteiger charge is 2.31. The van der Waals surface area contributed by atoms with Crippen LogP contribution in [-0.2, 0) is 6.18 Å². The van der Waals surface area contributed by atoms with Crippen molar-refractivity contribution in [2.75, 3.05) is 5.32 Å². The Hall–Kier alpha value is -1.27. The number of benzene rings is 1. The van der Waals surface area contributed by atoms with Crippen LogP contribution in [0.4, 0.5) is 18.9 Å². The minimum atomic E-state index is -4.39. The molecular formula is C13H12ClF3N2S. The fourth-order valence-electron chi connectivity index (χ4n) is 1.69. The molecule has 2 rings (SSSR count). The van der Waals surface area contributed by atoms with Gasteiger partial charge in [0.15, 0.2) is 0 Å². The minimum absolute atomic E-state index is 0.0404. The largest absolute Gasteiger partial charge is 0.416 e. The molecule has 1 aromatic carbocycles. The summed E-state index contributed by atoms with van der Waals surface area (Å²) >= 11 is 7.41. The third-order valence-corrected chi connectivity index (χ3v) is 3.85. The van der Waals surface area contributed by atoms with Crippen LogP contribution in [0.15, 0.2) is 23.6 Å². The number of anilines is 1. The van der Waals surface area contributed by atoms with Gasteiger partial charge in [0.25, 0.3) is 0 Å². The summed E-state index contributed by atoms with van der Waals surface area (Å²) in [6.07, 6.45) is -4.39. The second kappa shape index (κ2) is 5.61. The predicted octanol–water partition coefficient (Wildman–Crippen LogP) is 5.30. The van der Waals surface area contributed by atoms with Crippen molar-refractivity contribution in [1.82, 2.24) is 4.98 Å². The first-order valence-corrected chi connectivity index (χ1v) is 7.08. The monoisotopic (exact) mass is 320 g/mol. The summed E-state index contributed by atoms with van der Waals surface area (Å²) in [5.74, 6) is 0. The Morgan fingerprint density at radius 3 is 2.55 bits per heavy atom. The third-order valence-electron chi connectivity index (χ3n) is 2.75. The summed E-state index contributed by atoms with van der Waals surface area (Å²) in [5, 5.41) is 5.95. The van der Waals surface area contributed by atoms with Gasteiger partial charge in [0.2, 0.25) is 0 Å². The quantitative estimate of drug-likeness (QED) is 0.830. The zero-order valence-corrected chi connectivity index (χ0v) is 12.3. The number of thiazole rings is 1. The number of aryl methyl sites for hydroxylation is 1. The number of nitrogens with zero attached hydrogens (tertiary/aromatic N) is 1. The maximum atomic E-state index is 12.5. The molecule has 2 aromatic rings. The molecule has 108 valence electrons. The summed E-state index contributed by atoms with van der Waals surface area (Å²) in [7, 11) is 0. The van der Waals surface area contributed by atoms with Gasteiger partial charge in [0.05, 0.1) is 33.0 Å². The van der Waals surface area contributed by atoms with Gasteiger partial charge in [-0.3, -0.25) is 0 Å². The third kappa shape index (κ3) is 3.43. The van der Waals surface area contributed by atoms with Gasteiger partial charge in [-0.2, -0.15) is 13.2 Å². The van der Waals surface area contributed by atoms with Crippen molar-refractivity contribution < 1.29 is 13.2 Å². The lowest BCUT2D eigenvalue weighted by molar-refractivity contribution is -0.137. The number of halogens is 4. The first-order chi connectivity index (χ1) is 9.27. The Morgan fingerprint density at radius 2 is 2.05 bits per heavy atom. The Bertz CT molecular complexity index is 610. The highest BCUT2D eigenvalue weighted by molar-refractivity contribution is 7.09.